The normalized spacial score (nSPS) is 22.8. The third-order valence-electron chi connectivity index (χ3n) is 8.56. The van der Waals surface area contributed by atoms with Crippen molar-refractivity contribution < 1.29 is 14.3 Å². The van der Waals surface area contributed by atoms with E-state index < -0.39 is 5.60 Å². The van der Waals surface area contributed by atoms with Crippen LogP contribution in [0.5, 0.6) is 11.5 Å². The minimum Gasteiger partial charge on any atom is -0.456 e. The number of carbonyl (C=O) groups excluding carboxylic acids is 1. The highest BCUT2D eigenvalue weighted by Crippen LogP contribution is 2.59. The molecule has 1 saturated carbocycles. The van der Waals surface area contributed by atoms with Crippen molar-refractivity contribution in [2.45, 2.75) is 51.2 Å². The van der Waals surface area contributed by atoms with E-state index >= 15 is 0 Å². The summed E-state index contributed by atoms with van der Waals surface area (Å²) >= 11 is 0. The molecule has 196 valence electrons. The molecule has 5 nitrogen and oxygen atoms in total. The highest BCUT2D eigenvalue weighted by atomic mass is 16.6. The van der Waals surface area contributed by atoms with Gasteiger partial charge in [0.2, 0.25) is 0 Å². The number of nitrogens with one attached hydrogen (secondary N) is 2. The van der Waals surface area contributed by atoms with Gasteiger partial charge < -0.3 is 20.1 Å². The van der Waals surface area contributed by atoms with E-state index in [1.165, 1.54) is 12.8 Å². The number of carbonyl (C=O) groups is 1. The average molecular weight is 517 g/mol. The number of fused-ring (bicyclic) bond motifs is 6. The zero-order chi connectivity index (χ0) is 26.6. The van der Waals surface area contributed by atoms with Crippen molar-refractivity contribution in [3.63, 3.8) is 0 Å². The van der Waals surface area contributed by atoms with Crippen LogP contribution in [0.2, 0.25) is 0 Å². The molecule has 0 radical (unpaired) electrons. The van der Waals surface area contributed by atoms with Crippen LogP contribution in [-0.4, -0.2) is 12.0 Å². The van der Waals surface area contributed by atoms with Crippen molar-refractivity contribution in [2.75, 3.05) is 10.6 Å². The molecule has 1 fully saturated rings. The third kappa shape index (κ3) is 3.79. The summed E-state index contributed by atoms with van der Waals surface area (Å²) in [5.74, 6) is 1.81. The Morgan fingerprint density at radius 1 is 0.769 bits per heavy atom. The average Bonchev–Trinajstić information content (AvgIpc) is 3.25. The van der Waals surface area contributed by atoms with Crippen LogP contribution in [0, 0.1) is 12.8 Å². The lowest BCUT2D eigenvalue weighted by molar-refractivity contribution is 0.0227. The van der Waals surface area contributed by atoms with Crippen molar-refractivity contribution in [3.05, 3.63) is 113 Å². The fourth-order valence-electron chi connectivity index (χ4n) is 6.44. The van der Waals surface area contributed by atoms with Gasteiger partial charge in [0.05, 0.1) is 22.5 Å². The molecule has 1 spiro atoms. The molecule has 0 bridgehead atoms. The van der Waals surface area contributed by atoms with Crippen LogP contribution in [0.15, 0.2) is 84.9 Å². The lowest BCUT2D eigenvalue weighted by Gasteiger charge is -2.39. The molecular weight excluding hydrogens is 484 g/mol. The van der Waals surface area contributed by atoms with E-state index in [1.54, 1.807) is 0 Å². The second-order valence-electron chi connectivity index (χ2n) is 11.1. The summed E-state index contributed by atoms with van der Waals surface area (Å²) in [5, 5.41) is 7.63. The molecule has 7 rings (SSSR count). The first-order valence-electron chi connectivity index (χ1n) is 13.9. The first kappa shape index (κ1) is 23.8. The van der Waals surface area contributed by atoms with Crippen molar-refractivity contribution >= 4 is 23.0 Å². The van der Waals surface area contributed by atoms with E-state index in [1.807, 2.05) is 66.7 Å². The SMILES string of the molecule is Cc1ccccc1Nc1c(NC2CCC(C)CC2)ccc2c1C1(OC(=O)c3ccccc31)c1ccccc1O2. The van der Waals surface area contributed by atoms with Gasteiger partial charge in [-0.2, -0.15) is 0 Å². The molecule has 39 heavy (non-hydrogen) atoms. The molecule has 2 aliphatic heterocycles. The molecule has 3 aliphatic rings. The maximum Gasteiger partial charge on any atom is 0.340 e. The number of rotatable bonds is 4. The smallest absolute Gasteiger partial charge is 0.340 e. The van der Waals surface area contributed by atoms with Crippen molar-refractivity contribution in [1.29, 1.82) is 0 Å². The molecule has 4 aromatic rings. The Balaban J connectivity index is 1.48. The Morgan fingerprint density at radius 3 is 2.31 bits per heavy atom. The highest BCUT2D eigenvalue weighted by Gasteiger charge is 2.55. The van der Waals surface area contributed by atoms with Crippen LogP contribution in [-0.2, 0) is 10.3 Å². The Bertz CT molecular complexity index is 1590. The molecule has 5 heteroatoms. The molecule has 0 amide bonds. The zero-order valence-electron chi connectivity index (χ0n) is 22.3. The predicted molar refractivity (Wildman–Crippen MR) is 154 cm³/mol. The Labute approximate surface area is 229 Å². The van der Waals surface area contributed by atoms with E-state index in [-0.39, 0.29) is 5.97 Å². The number of ether oxygens (including phenoxy) is 2. The number of hydrogen-bond donors (Lipinski definition) is 2. The topological polar surface area (TPSA) is 59.6 Å². The summed E-state index contributed by atoms with van der Waals surface area (Å²) in [5.41, 5.74) is 5.91. The van der Waals surface area contributed by atoms with E-state index in [4.69, 9.17) is 9.47 Å². The minimum atomic E-state index is -1.14. The third-order valence-corrected chi connectivity index (χ3v) is 8.56. The van der Waals surface area contributed by atoms with Crippen LogP contribution in [0.1, 0.15) is 65.2 Å². The zero-order valence-corrected chi connectivity index (χ0v) is 22.3. The second kappa shape index (κ2) is 9.19. The van der Waals surface area contributed by atoms with E-state index in [0.717, 1.165) is 58.1 Å². The lowest BCUT2D eigenvalue weighted by Crippen LogP contribution is -2.34. The number of aryl methyl sites for hydroxylation is 1. The van der Waals surface area contributed by atoms with Gasteiger partial charge in [-0.1, -0.05) is 61.5 Å². The molecule has 4 aromatic carbocycles. The van der Waals surface area contributed by atoms with Gasteiger partial charge in [-0.25, -0.2) is 4.79 Å². The van der Waals surface area contributed by atoms with Crippen molar-refractivity contribution in [1.82, 2.24) is 0 Å². The van der Waals surface area contributed by atoms with Crippen LogP contribution >= 0.6 is 0 Å². The Kier molecular flexibility index (Phi) is 5.62. The fourth-order valence-corrected chi connectivity index (χ4v) is 6.44. The van der Waals surface area contributed by atoms with Crippen molar-refractivity contribution in [2.24, 2.45) is 5.92 Å². The van der Waals surface area contributed by atoms with Gasteiger partial charge in [-0.05, 0) is 74.4 Å². The van der Waals surface area contributed by atoms with E-state index in [2.05, 4.69) is 42.7 Å². The quantitative estimate of drug-likeness (QED) is 0.267. The van der Waals surface area contributed by atoms with Crippen LogP contribution < -0.4 is 15.4 Å². The minimum absolute atomic E-state index is 0.324. The summed E-state index contributed by atoms with van der Waals surface area (Å²) in [6.45, 7) is 4.44. The second-order valence-corrected chi connectivity index (χ2v) is 11.1. The van der Waals surface area contributed by atoms with Gasteiger partial charge in [0.15, 0.2) is 5.60 Å². The van der Waals surface area contributed by atoms with Crippen LogP contribution in [0.4, 0.5) is 17.1 Å². The Hall–Kier alpha value is -4.25. The van der Waals surface area contributed by atoms with Gasteiger partial charge in [-0.3, -0.25) is 0 Å². The van der Waals surface area contributed by atoms with E-state index in [9.17, 15) is 4.79 Å². The van der Waals surface area contributed by atoms with Gasteiger partial charge >= 0.3 is 5.97 Å². The molecule has 0 saturated heterocycles. The van der Waals surface area contributed by atoms with Gasteiger partial charge in [0.1, 0.15) is 11.5 Å². The maximum atomic E-state index is 13.4. The molecular formula is C34H32N2O3. The van der Waals surface area contributed by atoms with Crippen LogP contribution in [0.3, 0.4) is 0 Å². The first-order valence-corrected chi connectivity index (χ1v) is 13.9. The molecule has 2 N–H and O–H groups in total. The standard InChI is InChI=1S/C34H32N2O3/c1-21-15-17-23(18-16-21)35-28-19-20-30-31(32(28)36-27-13-7-3-9-22(27)2)34(26-12-6-8-14-29(26)38-30)25-11-5-4-10-24(25)33(37)39-34/h3-14,19-21,23,35-36H,15-18H2,1-2H3. The summed E-state index contributed by atoms with van der Waals surface area (Å²) in [7, 11) is 0. The summed E-state index contributed by atoms with van der Waals surface area (Å²) in [4.78, 5) is 13.4. The number of para-hydroxylation sites is 2. The molecule has 1 unspecified atom stereocenters. The van der Waals surface area contributed by atoms with Gasteiger partial charge in [0, 0.05) is 22.9 Å². The molecule has 1 aliphatic carbocycles. The number of esters is 1. The highest BCUT2D eigenvalue weighted by molar-refractivity contribution is 5.98. The summed E-state index contributed by atoms with van der Waals surface area (Å²) < 4.78 is 13.0. The molecule has 0 aromatic heterocycles. The van der Waals surface area contributed by atoms with Crippen LogP contribution in [0.25, 0.3) is 0 Å². The first-order chi connectivity index (χ1) is 19.0. The maximum absolute atomic E-state index is 13.4. The predicted octanol–water partition coefficient (Wildman–Crippen LogP) is 8.30. The largest absolute Gasteiger partial charge is 0.456 e. The summed E-state index contributed by atoms with van der Waals surface area (Å²) in [6.07, 6.45) is 4.69. The van der Waals surface area contributed by atoms with Gasteiger partial charge in [0.25, 0.3) is 0 Å². The van der Waals surface area contributed by atoms with Crippen molar-refractivity contribution in [3.8, 4) is 11.5 Å². The molecule has 1 atom stereocenters. The fraction of sp³-hybridized carbons (Fsp3) is 0.265. The summed E-state index contributed by atoms with van der Waals surface area (Å²) in [6, 6.07) is 28.3. The molecule has 2 heterocycles. The number of hydrogen-bond acceptors (Lipinski definition) is 5. The van der Waals surface area contributed by atoms with E-state index in [0.29, 0.717) is 23.1 Å². The Morgan fingerprint density at radius 2 is 1.49 bits per heavy atom. The van der Waals surface area contributed by atoms with Gasteiger partial charge in [-0.15, -0.1) is 0 Å². The lowest BCUT2D eigenvalue weighted by atomic mass is 9.76. The number of anilines is 3. The number of benzene rings is 4. The monoisotopic (exact) mass is 516 g/mol.